The molecule has 0 saturated carbocycles. The number of likely N-dealkylation sites (tertiary alicyclic amines) is 1. The number of benzene rings is 2. The SMILES string of the molecule is Cc1cc(C2CN(Cc3ccccc3)CC2[N+](=O)[O-])c(F)cc1F. The van der Waals surface area contributed by atoms with Gasteiger partial charge in [0.2, 0.25) is 6.04 Å². The monoisotopic (exact) mass is 332 g/mol. The highest BCUT2D eigenvalue weighted by molar-refractivity contribution is 5.31. The summed E-state index contributed by atoms with van der Waals surface area (Å²) >= 11 is 0. The average molecular weight is 332 g/mol. The van der Waals surface area contributed by atoms with Crippen molar-refractivity contribution in [3.8, 4) is 0 Å². The average Bonchev–Trinajstić information content (AvgIpc) is 2.96. The predicted molar refractivity (Wildman–Crippen MR) is 86.3 cm³/mol. The van der Waals surface area contributed by atoms with Crippen LogP contribution in [0.2, 0.25) is 0 Å². The van der Waals surface area contributed by atoms with Crippen molar-refractivity contribution in [3.63, 3.8) is 0 Å². The van der Waals surface area contributed by atoms with Gasteiger partial charge in [0.15, 0.2) is 0 Å². The summed E-state index contributed by atoms with van der Waals surface area (Å²) in [6, 6.07) is 11.0. The predicted octanol–water partition coefficient (Wildman–Crippen LogP) is 3.52. The van der Waals surface area contributed by atoms with Crippen molar-refractivity contribution >= 4 is 0 Å². The molecule has 1 aliphatic rings. The van der Waals surface area contributed by atoms with E-state index in [1.807, 2.05) is 35.2 Å². The van der Waals surface area contributed by atoms with Gasteiger partial charge < -0.3 is 0 Å². The summed E-state index contributed by atoms with van der Waals surface area (Å²) in [5, 5.41) is 11.4. The van der Waals surface area contributed by atoms with E-state index in [1.54, 1.807) is 0 Å². The maximum absolute atomic E-state index is 14.2. The van der Waals surface area contributed by atoms with Crippen LogP contribution in [0.15, 0.2) is 42.5 Å². The van der Waals surface area contributed by atoms with Crippen LogP contribution in [0.1, 0.15) is 22.6 Å². The Morgan fingerprint density at radius 3 is 2.54 bits per heavy atom. The summed E-state index contributed by atoms with van der Waals surface area (Å²) in [6.45, 7) is 2.74. The Hall–Kier alpha value is -2.34. The van der Waals surface area contributed by atoms with Crippen LogP contribution in [0.4, 0.5) is 8.78 Å². The van der Waals surface area contributed by atoms with Crippen LogP contribution in [0.25, 0.3) is 0 Å². The smallest absolute Gasteiger partial charge is 0.233 e. The van der Waals surface area contributed by atoms with Gasteiger partial charge >= 0.3 is 0 Å². The Bertz CT molecular complexity index is 752. The first-order valence-electron chi connectivity index (χ1n) is 7.81. The van der Waals surface area contributed by atoms with E-state index in [-0.39, 0.29) is 17.0 Å². The zero-order chi connectivity index (χ0) is 17.3. The number of nitro groups is 1. The van der Waals surface area contributed by atoms with Gasteiger partial charge in [0.25, 0.3) is 0 Å². The molecule has 0 aliphatic carbocycles. The van der Waals surface area contributed by atoms with Gasteiger partial charge in [0.05, 0.1) is 12.5 Å². The molecule has 6 heteroatoms. The number of hydrogen-bond acceptors (Lipinski definition) is 3. The molecule has 1 aliphatic heterocycles. The lowest BCUT2D eigenvalue weighted by atomic mass is 9.93. The van der Waals surface area contributed by atoms with Crippen molar-refractivity contribution in [2.45, 2.75) is 25.4 Å². The van der Waals surface area contributed by atoms with Crippen molar-refractivity contribution in [3.05, 3.63) is 80.9 Å². The first-order chi connectivity index (χ1) is 11.5. The first kappa shape index (κ1) is 16.5. The minimum absolute atomic E-state index is 0.228. The third-order valence-electron chi connectivity index (χ3n) is 4.56. The first-order valence-corrected chi connectivity index (χ1v) is 7.81. The molecule has 0 amide bonds. The van der Waals surface area contributed by atoms with Crippen LogP contribution in [0.5, 0.6) is 0 Å². The van der Waals surface area contributed by atoms with Crippen LogP contribution in [-0.4, -0.2) is 29.0 Å². The fourth-order valence-electron chi connectivity index (χ4n) is 3.32. The van der Waals surface area contributed by atoms with Crippen LogP contribution >= 0.6 is 0 Å². The Morgan fingerprint density at radius 2 is 1.88 bits per heavy atom. The van der Waals surface area contributed by atoms with Crippen LogP contribution in [0.3, 0.4) is 0 Å². The van der Waals surface area contributed by atoms with Gasteiger partial charge in [-0.25, -0.2) is 8.78 Å². The Balaban J connectivity index is 1.86. The van der Waals surface area contributed by atoms with E-state index in [9.17, 15) is 18.9 Å². The molecule has 1 fully saturated rings. The Kier molecular flexibility index (Phi) is 4.57. The topological polar surface area (TPSA) is 46.4 Å². The lowest BCUT2D eigenvalue weighted by molar-refractivity contribution is -0.521. The van der Waals surface area contributed by atoms with E-state index in [2.05, 4.69) is 0 Å². The molecule has 0 aromatic heterocycles. The standard InChI is InChI=1S/C18H18F2N2O2/c1-12-7-14(17(20)8-16(12)19)15-10-21(11-18(15)22(23)24)9-13-5-3-2-4-6-13/h2-8,15,18H,9-11H2,1H3. The van der Waals surface area contributed by atoms with E-state index in [1.165, 1.54) is 13.0 Å². The van der Waals surface area contributed by atoms with Crippen molar-refractivity contribution < 1.29 is 13.7 Å². The van der Waals surface area contributed by atoms with Gasteiger partial charge in [-0.15, -0.1) is 0 Å². The van der Waals surface area contributed by atoms with Crippen molar-refractivity contribution in [2.75, 3.05) is 13.1 Å². The minimum Gasteiger partial charge on any atom is -0.292 e. The maximum atomic E-state index is 14.2. The molecule has 4 nitrogen and oxygen atoms in total. The van der Waals surface area contributed by atoms with E-state index < -0.39 is 23.6 Å². The quantitative estimate of drug-likeness (QED) is 0.636. The molecule has 2 aromatic rings. The van der Waals surface area contributed by atoms with Gasteiger partial charge in [-0.1, -0.05) is 30.3 Å². The van der Waals surface area contributed by atoms with Crippen molar-refractivity contribution in [2.24, 2.45) is 0 Å². The molecule has 2 aromatic carbocycles. The summed E-state index contributed by atoms with van der Waals surface area (Å²) in [6.07, 6.45) is 0. The summed E-state index contributed by atoms with van der Waals surface area (Å²) in [4.78, 5) is 13.0. The third-order valence-corrected chi connectivity index (χ3v) is 4.56. The summed E-state index contributed by atoms with van der Waals surface area (Å²) in [7, 11) is 0. The molecule has 0 N–H and O–H groups in total. The van der Waals surface area contributed by atoms with E-state index in [4.69, 9.17) is 0 Å². The van der Waals surface area contributed by atoms with Gasteiger partial charge in [-0.05, 0) is 29.7 Å². The van der Waals surface area contributed by atoms with Gasteiger partial charge in [0, 0.05) is 24.1 Å². The fraction of sp³-hybridized carbons (Fsp3) is 0.333. The highest BCUT2D eigenvalue weighted by Crippen LogP contribution is 2.33. The zero-order valence-corrected chi connectivity index (χ0v) is 13.3. The van der Waals surface area contributed by atoms with Crippen molar-refractivity contribution in [1.82, 2.24) is 4.90 Å². The summed E-state index contributed by atoms with van der Waals surface area (Å²) in [5.41, 5.74) is 1.58. The number of hydrogen-bond donors (Lipinski definition) is 0. The molecule has 0 radical (unpaired) electrons. The second-order valence-electron chi connectivity index (χ2n) is 6.26. The minimum atomic E-state index is -0.895. The normalized spacial score (nSPS) is 21.1. The lowest BCUT2D eigenvalue weighted by Crippen LogP contribution is -2.28. The highest BCUT2D eigenvalue weighted by Gasteiger charge is 2.43. The molecule has 2 atom stereocenters. The Morgan fingerprint density at radius 1 is 1.17 bits per heavy atom. The lowest BCUT2D eigenvalue weighted by Gasteiger charge is -2.16. The molecule has 24 heavy (non-hydrogen) atoms. The maximum Gasteiger partial charge on any atom is 0.233 e. The van der Waals surface area contributed by atoms with E-state index in [0.717, 1.165) is 11.6 Å². The van der Waals surface area contributed by atoms with Crippen LogP contribution < -0.4 is 0 Å². The molecular formula is C18H18F2N2O2. The molecule has 126 valence electrons. The molecule has 3 rings (SSSR count). The second kappa shape index (κ2) is 6.65. The molecule has 2 unspecified atom stereocenters. The highest BCUT2D eigenvalue weighted by atomic mass is 19.1. The summed E-state index contributed by atoms with van der Waals surface area (Å²) in [5.74, 6) is -1.92. The van der Waals surface area contributed by atoms with Crippen LogP contribution in [-0.2, 0) is 6.54 Å². The fourth-order valence-corrected chi connectivity index (χ4v) is 3.32. The number of aryl methyl sites for hydroxylation is 1. The number of rotatable bonds is 4. The van der Waals surface area contributed by atoms with Gasteiger partial charge in [-0.2, -0.15) is 0 Å². The molecule has 0 spiro atoms. The molecule has 1 saturated heterocycles. The van der Waals surface area contributed by atoms with Gasteiger partial charge in [0.1, 0.15) is 11.6 Å². The molecular weight excluding hydrogens is 314 g/mol. The molecule has 1 heterocycles. The Labute approximate surface area is 138 Å². The third kappa shape index (κ3) is 3.28. The molecule has 0 bridgehead atoms. The zero-order valence-electron chi connectivity index (χ0n) is 13.3. The number of halogens is 2. The van der Waals surface area contributed by atoms with Crippen LogP contribution in [0, 0.1) is 28.7 Å². The van der Waals surface area contributed by atoms with Gasteiger partial charge in [-0.3, -0.25) is 15.0 Å². The van der Waals surface area contributed by atoms with Crippen molar-refractivity contribution in [1.29, 1.82) is 0 Å². The number of nitrogens with zero attached hydrogens (tertiary/aromatic N) is 2. The largest absolute Gasteiger partial charge is 0.292 e. The van der Waals surface area contributed by atoms with E-state index in [0.29, 0.717) is 18.7 Å². The summed E-state index contributed by atoms with van der Waals surface area (Å²) < 4.78 is 27.7. The second-order valence-corrected chi connectivity index (χ2v) is 6.26. The van der Waals surface area contributed by atoms with E-state index >= 15 is 0 Å².